The molecule has 0 unspecified atom stereocenters. The first-order valence-corrected chi connectivity index (χ1v) is 7.33. The maximum absolute atomic E-state index is 8.49. The maximum atomic E-state index is 8.49. The molecule has 0 bridgehead atoms. The van der Waals surface area contributed by atoms with Crippen LogP contribution in [0.4, 0.5) is 0 Å². The Bertz CT molecular complexity index is 174. The Labute approximate surface area is 109 Å². The van der Waals surface area contributed by atoms with Gasteiger partial charge in [-0.1, -0.05) is 12.9 Å². The fraction of sp³-hybridized carbons (Fsp3) is 1.00. The number of hydrogen-bond donors (Lipinski definition) is 0. The molecule has 0 aromatic carbocycles. The summed E-state index contributed by atoms with van der Waals surface area (Å²) in [4.78, 5) is 0. The Morgan fingerprint density at radius 3 is 1.12 bits per heavy atom. The van der Waals surface area contributed by atoms with Crippen LogP contribution in [0.15, 0.2) is 0 Å². The Kier molecular flexibility index (Phi) is 10.8. The summed E-state index contributed by atoms with van der Waals surface area (Å²) in [5.74, 6) is 0. The largest absolute Gasteiger partial charge is 0.266 e. The van der Waals surface area contributed by atoms with Crippen LogP contribution in [0, 0.1) is 10.2 Å². The molecule has 0 heterocycles. The highest BCUT2D eigenvalue weighted by atomic mass is 35.7. The predicted molar refractivity (Wildman–Crippen MR) is 57.7 cm³/mol. The van der Waals surface area contributed by atoms with Crippen LogP contribution in [0.3, 0.4) is 0 Å². The van der Waals surface area contributed by atoms with E-state index in [1.54, 1.807) is 0 Å². The van der Waals surface area contributed by atoms with E-state index in [0.717, 1.165) is 13.1 Å². The summed E-state index contributed by atoms with van der Waals surface area (Å²) in [6.45, 7) is 6.62. The SMILES string of the molecule is CCN(CC)[S+](N(C)C)N(C)C.[O-][Cl+3]([O-])([O-])[O-]. The monoisotopic (exact) mass is 291 g/mol. The number of nitrogens with zero attached hydrogens (tertiary/aromatic N) is 3. The molecular formula is C8H22ClN3O4S. The van der Waals surface area contributed by atoms with Crippen molar-refractivity contribution in [2.75, 3.05) is 41.3 Å². The molecule has 9 heteroatoms. The van der Waals surface area contributed by atoms with Crippen LogP contribution in [0.1, 0.15) is 13.8 Å². The molecule has 17 heavy (non-hydrogen) atoms. The van der Waals surface area contributed by atoms with Crippen molar-refractivity contribution in [3.05, 3.63) is 0 Å². The Morgan fingerprint density at radius 1 is 0.824 bits per heavy atom. The van der Waals surface area contributed by atoms with Crippen LogP contribution < -0.4 is 18.6 Å². The fourth-order valence-corrected chi connectivity index (χ4v) is 3.28. The summed E-state index contributed by atoms with van der Waals surface area (Å²) >= 11 is 0.134. The second kappa shape index (κ2) is 9.31. The normalized spacial score (nSPS) is 12.4. The zero-order valence-corrected chi connectivity index (χ0v) is 12.7. The van der Waals surface area contributed by atoms with Gasteiger partial charge in [-0.3, -0.25) is 0 Å². The topological polar surface area (TPSA) is 102 Å². The molecule has 0 saturated carbocycles. The van der Waals surface area contributed by atoms with E-state index in [4.69, 9.17) is 18.6 Å². The fourth-order valence-electron chi connectivity index (χ4n) is 1.24. The molecule has 0 amide bonds. The summed E-state index contributed by atoms with van der Waals surface area (Å²) in [5.41, 5.74) is 0. The van der Waals surface area contributed by atoms with Crippen molar-refractivity contribution >= 4 is 11.5 Å². The zero-order valence-electron chi connectivity index (χ0n) is 11.2. The molecule has 0 aliphatic carbocycles. The predicted octanol–water partition coefficient (Wildman–Crippen LogP) is -3.94. The van der Waals surface area contributed by atoms with E-state index in [-0.39, 0.29) is 11.5 Å². The Balaban J connectivity index is 0. The molecule has 0 aromatic rings. The number of rotatable bonds is 5. The molecule has 7 nitrogen and oxygen atoms in total. The van der Waals surface area contributed by atoms with Crippen LogP contribution in [-0.4, -0.2) is 54.2 Å². The minimum Gasteiger partial charge on any atom is -0.222 e. The maximum Gasteiger partial charge on any atom is 0.266 e. The van der Waals surface area contributed by atoms with E-state index in [1.165, 1.54) is 0 Å². The zero-order chi connectivity index (χ0) is 14.2. The van der Waals surface area contributed by atoms with Crippen molar-refractivity contribution < 1.29 is 28.9 Å². The highest BCUT2D eigenvalue weighted by molar-refractivity contribution is 7.90. The molecule has 0 aliphatic heterocycles. The molecule has 0 N–H and O–H groups in total. The molecular weight excluding hydrogens is 270 g/mol. The van der Waals surface area contributed by atoms with Gasteiger partial charge in [0.05, 0.1) is 0 Å². The average Bonchev–Trinajstić information content (AvgIpc) is 2.09. The van der Waals surface area contributed by atoms with E-state index < -0.39 is 10.2 Å². The third-order valence-corrected chi connectivity index (χ3v) is 3.87. The molecule has 0 atom stereocenters. The molecule has 0 rings (SSSR count). The van der Waals surface area contributed by atoms with Crippen LogP contribution >= 0.6 is 0 Å². The lowest BCUT2D eigenvalue weighted by atomic mass is 10.7. The van der Waals surface area contributed by atoms with E-state index >= 15 is 0 Å². The summed E-state index contributed by atoms with van der Waals surface area (Å²) in [6, 6.07) is 0. The minimum absolute atomic E-state index is 0.134. The molecule has 106 valence electrons. The lowest BCUT2D eigenvalue weighted by Crippen LogP contribution is -2.68. The van der Waals surface area contributed by atoms with Gasteiger partial charge in [0.1, 0.15) is 0 Å². The Morgan fingerprint density at radius 2 is 1.06 bits per heavy atom. The van der Waals surface area contributed by atoms with Crippen molar-refractivity contribution in [3.8, 4) is 0 Å². The molecule has 0 fully saturated rings. The lowest BCUT2D eigenvalue weighted by molar-refractivity contribution is -2.00. The summed E-state index contributed by atoms with van der Waals surface area (Å²) in [5, 5.41) is 0. The van der Waals surface area contributed by atoms with Crippen molar-refractivity contribution in [1.29, 1.82) is 0 Å². The van der Waals surface area contributed by atoms with Crippen LogP contribution in [-0.2, 0) is 11.5 Å². The van der Waals surface area contributed by atoms with E-state index in [1.807, 2.05) is 0 Å². The quantitative estimate of drug-likeness (QED) is 0.477. The van der Waals surface area contributed by atoms with Crippen molar-refractivity contribution in [2.45, 2.75) is 13.8 Å². The molecule has 0 saturated heterocycles. The standard InChI is InChI=1S/C8H22N3S.ClHO4/c1-7-11(8-2)12(9(3)4)10(5)6;2-1(3,4)5/h7-8H2,1-6H3;(H,2,3,4,5)/q+1;/p-1. The molecule has 0 spiro atoms. The van der Waals surface area contributed by atoms with Crippen molar-refractivity contribution in [2.24, 2.45) is 0 Å². The first-order valence-electron chi connectivity index (χ1n) is 5.00. The highest BCUT2D eigenvalue weighted by Crippen LogP contribution is 2.09. The van der Waals surface area contributed by atoms with Crippen LogP contribution in [0.2, 0.25) is 0 Å². The van der Waals surface area contributed by atoms with E-state index in [0.29, 0.717) is 0 Å². The first-order chi connectivity index (χ1) is 7.54. The van der Waals surface area contributed by atoms with Gasteiger partial charge in [0.25, 0.3) is 11.5 Å². The summed E-state index contributed by atoms with van der Waals surface area (Å²) < 4.78 is 40.9. The van der Waals surface area contributed by atoms with Crippen LogP contribution in [0.25, 0.3) is 0 Å². The van der Waals surface area contributed by atoms with Gasteiger partial charge in [0, 0.05) is 41.3 Å². The number of hydrogen-bond acceptors (Lipinski definition) is 7. The van der Waals surface area contributed by atoms with Gasteiger partial charge >= 0.3 is 0 Å². The van der Waals surface area contributed by atoms with Gasteiger partial charge in [-0.25, -0.2) is 18.6 Å². The van der Waals surface area contributed by atoms with E-state index in [9.17, 15) is 0 Å². The second-order valence-corrected chi connectivity index (χ2v) is 6.58. The van der Waals surface area contributed by atoms with Gasteiger partial charge in [-0.05, 0) is 13.8 Å². The van der Waals surface area contributed by atoms with Crippen molar-refractivity contribution in [3.63, 3.8) is 0 Å². The molecule has 0 aliphatic rings. The first kappa shape index (κ1) is 19.7. The van der Waals surface area contributed by atoms with Crippen LogP contribution in [0.5, 0.6) is 0 Å². The van der Waals surface area contributed by atoms with Gasteiger partial charge in [0.15, 0.2) is 0 Å². The lowest BCUT2D eigenvalue weighted by Gasteiger charge is -2.24. The number of halogens is 1. The average molecular weight is 292 g/mol. The third kappa shape index (κ3) is 12.6. The van der Waals surface area contributed by atoms with Gasteiger partial charge in [-0.2, -0.15) is 0 Å². The second-order valence-electron chi connectivity index (χ2n) is 3.36. The third-order valence-electron chi connectivity index (χ3n) is 1.59. The molecule has 0 radical (unpaired) electrons. The van der Waals surface area contributed by atoms with Gasteiger partial charge in [0.2, 0.25) is 0 Å². The van der Waals surface area contributed by atoms with E-state index in [2.05, 4.69) is 55.0 Å². The Hall–Kier alpha value is 0.360. The molecule has 0 aromatic heterocycles. The smallest absolute Gasteiger partial charge is 0.222 e. The summed E-state index contributed by atoms with van der Waals surface area (Å²) in [7, 11) is 3.56. The highest BCUT2D eigenvalue weighted by Gasteiger charge is 2.33. The minimum atomic E-state index is -4.94. The van der Waals surface area contributed by atoms with Crippen molar-refractivity contribution in [1.82, 2.24) is 12.9 Å². The summed E-state index contributed by atoms with van der Waals surface area (Å²) in [6.07, 6.45) is 0. The van der Waals surface area contributed by atoms with Gasteiger partial charge in [-0.15, -0.1) is 10.2 Å². The van der Waals surface area contributed by atoms with Gasteiger partial charge < -0.3 is 0 Å².